The first kappa shape index (κ1) is 23.3. The van der Waals surface area contributed by atoms with E-state index >= 15 is 0 Å². The van der Waals surface area contributed by atoms with E-state index in [1.165, 1.54) is 17.3 Å². The Morgan fingerprint density at radius 2 is 2.27 bits per heavy atom. The normalized spacial score (nSPS) is 28.4. The molecule has 5 N–H and O–H groups in total. The molecule has 12 heteroatoms. The van der Waals surface area contributed by atoms with Gasteiger partial charge in [-0.2, -0.15) is 10.4 Å². The van der Waals surface area contributed by atoms with Crippen molar-refractivity contribution in [3.05, 3.63) is 24.2 Å². The van der Waals surface area contributed by atoms with Gasteiger partial charge in [0.2, 0.25) is 5.60 Å². The molecule has 0 aromatic carbocycles. The van der Waals surface area contributed by atoms with Crippen LogP contribution in [0.15, 0.2) is 18.5 Å². The van der Waals surface area contributed by atoms with Gasteiger partial charge in [0, 0.05) is 0 Å². The summed E-state index contributed by atoms with van der Waals surface area (Å²) < 4.78 is 18.0. The molecule has 5 atom stereocenters. The van der Waals surface area contributed by atoms with Gasteiger partial charge in [0.05, 0.1) is 25.6 Å². The number of aromatic nitrogens is 3. The summed E-state index contributed by atoms with van der Waals surface area (Å²) in [6.45, 7) is 1.65. The second-order valence-corrected chi connectivity index (χ2v) is 8.52. The highest BCUT2D eigenvalue weighted by atomic mass is 16.6. The molecule has 1 aliphatic heterocycles. The Kier molecular flexibility index (Phi) is 6.78. The molecule has 0 radical (unpaired) electrons. The highest BCUT2D eigenvalue weighted by Crippen LogP contribution is 2.40. The lowest BCUT2D eigenvalue weighted by Crippen LogP contribution is -2.47. The number of rotatable bonds is 9. The number of nitrogens with two attached hydrogens (primary N) is 1. The van der Waals surface area contributed by atoms with Crippen molar-refractivity contribution < 1.29 is 29.2 Å². The Hall–Kier alpha value is -2.82. The van der Waals surface area contributed by atoms with Crippen molar-refractivity contribution in [3.63, 3.8) is 0 Å². The van der Waals surface area contributed by atoms with Crippen molar-refractivity contribution in [2.45, 2.75) is 56.1 Å². The van der Waals surface area contributed by atoms with Crippen LogP contribution in [-0.4, -0.2) is 74.6 Å². The van der Waals surface area contributed by atoms with Crippen molar-refractivity contribution in [1.82, 2.24) is 19.9 Å². The lowest BCUT2D eigenvalue weighted by Gasteiger charge is -2.26. The smallest absolute Gasteiger partial charge is 0.322 e. The number of carbonyl (C=O) groups is 1. The zero-order valence-electron chi connectivity index (χ0n) is 18.3. The van der Waals surface area contributed by atoms with E-state index in [9.17, 15) is 20.3 Å². The van der Waals surface area contributed by atoms with Gasteiger partial charge in [-0.25, -0.2) is 9.50 Å². The largest absolute Gasteiger partial charge is 0.464 e. The number of hydrogen-bond donors (Lipinski definition) is 4. The fourth-order valence-corrected chi connectivity index (χ4v) is 3.93. The molecule has 0 unspecified atom stereocenters. The molecular weight excluding hydrogens is 432 g/mol. The van der Waals surface area contributed by atoms with Crippen LogP contribution in [0.5, 0.6) is 0 Å². The maximum atomic E-state index is 12.0. The highest BCUT2D eigenvalue weighted by Gasteiger charge is 2.56. The van der Waals surface area contributed by atoms with Gasteiger partial charge in [-0.05, 0) is 37.8 Å². The number of fused-ring (bicyclic) bond motifs is 1. The number of aliphatic hydroxyl groups excluding tert-OH is 2. The maximum absolute atomic E-state index is 12.0. The summed E-state index contributed by atoms with van der Waals surface area (Å²) in [6.07, 6.45) is 0.614. The molecule has 4 rings (SSSR count). The zero-order valence-corrected chi connectivity index (χ0v) is 18.3. The van der Waals surface area contributed by atoms with Crippen LogP contribution in [0.2, 0.25) is 0 Å². The first-order valence-electron chi connectivity index (χ1n) is 10.9. The molecule has 178 valence electrons. The first-order chi connectivity index (χ1) is 15.9. The van der Waals surface area contributed by atoms with Crippen LogP contribution in [0.1, 0.15) is 38.0 Å². The number of hydrogen-bond acceptors (Lipinski definition) is 11. The third-order valence-electron chi connectivity index (χ3n) is 6.29. The van der Waals surface area contributed by atoms with Crippen LogP contribution in [-0.2, 0) is 19.0 Å². The van der Waals surface area contributed by atoms with Gasteiger partial charge < -0.3 is 30.2 Å². The Labute approximate surface area is 190 Å². The lowest BCUT2D eigenvalue weighted by molar-refractivity contribution is -0.149. The third kappa shape index (κ3) is 4.50. The molecule has 0 bridgehead atoms. The van der Waals surface area contributed by atoms with Crippen molar-refractivity contribution in [2.75, 3.05) is 25.7 Å². The number of aliphatic hydroxyl groups is 2. The maximum Gasteiger partial charge on any atom is 0.322 e. The Bertz CT molecular complexity index is 1040. The topological polar surface area (TPSA) is 177 Å². The van der Waals surface area contributed by atoms with Crippen LogP contribution >= 0.6 is 0 Å². The summed E-state index contributed by atoms with van der Waals surface area (Å²) in [4.78, 5) is 16.0. The first-order valence-corrected chi connectivity index (χ1v) is 10.9. The van der Waals surface area contributed by atoms with Gasteiger partial charge in [0.1, 0.15) is 42.3 Å². The van der Waals surface area contributed by atoms with Crippen LogP contribution in [0.25, 0.3) is 5.52 Å². The number of ether oxygens (including phenoxy) is 3. The minimum absolute atomic E-state index is 0.0855. The van der Waals surface area contributed by atoms with E-state index in [1.54, 1.807) is 19.1 Å². The molecule has 12 nitrogen and oxygen atoms in total. The van der Waals surface area contributed by atoms with E-state index in [1.807, 2.05) is 6.07 Å². The van der Waals surface area contributed by atoms with Gasteiger partial charge in [0.25, 0.3) is 0 Å². The average Bonchev–Trinajstić information content (AvgIpc) is 3.31. The predicted octanol–water partition coefficient (Wildman–Crippen LogP) is -0.338. The summed E-state index contributed by atoms with van der Waals surface area (Å²) in [5.41, 5.74) is 4.94. The number of anilines is 1. The van der Waals surface area contributed by atoms with Gasteiger partial charge in [-0.3, -0.25) is 10.1 Å². The molecule has 2 aromatic rings. The monoisotopic (exact) mass is 460 g/mol. The van der Waals surface area contributed by atoms with Crippen LogP contribution in [0, 0.1) is 17.2 Å². The summed E-state index contributed by atoms with van der Waals surface area (Å²) in [6, 6.07) is 4.61. The molecule has 1 saturated heterocycles. The fourth-order valence-electron chi connectivity index (χ4n) is 3.93. The molecule has 1 saturated carbocycles. The highest BCUT2D eigenvalue weighted by molar-refractivity contribution is 5.75. The molecule has 3 heterocycles. The number of nitrogens with zero attached hydrogens (tertiary/aromatic N) is 4. The third-order valence-corrected chi connectivity index (χ3v) is 6.29. The minimum atomic E-state index is -1.82. The number of nitrogens with one attached hydrogen (secondary N) is 1. The van der Waals surface area contributed by atoms with Crippen LogP contribution in [0.3, 0.4) is 0 Å². The quantitative estimate of drug-likeness (QED) is 0.219. The molecular formula is C21H28N6O6. The average molecular weight is 460 g/mol. The summed E-state index contributed by atoms with van der Waals surface area (Å²) in [5.74, 6) is 0.314. The summed E-state index contributed by atoms with van der Waals surface area (Å²) >= 11 is 0. The van der Waals surface area contributed by atoms with E-state index in [-0.39, 0.29) is 25.1 Å². The lowest BCUT2D eigenvalue weighted by atomic mass is 9.86. The van der Waals surface area contributed by atoms with Gasteiger partial charge in [-0.1, -0.05) is 6.42 Å². The molecule has 2 aromatic heterocycles. The Balaban J connectivity index is 1.34. The molecule has 33 heavy (non-hydrogen) atoms. The second-order valence-electron chi connectivity index (χ2n) is 8.52. The second kappa shape index (κ2) is 9.58. The summed E-state index contributed by atoms with van der Waals surface area (Å²) in [7, 11) is 0. The number of esters is 1. The van der Waals surface area contributed by atoms with Gasteiger partial charge >= 0.3 is 5.97 Å². The number of carbonyl (C=O) groups excluding carboxylic acids is 1. The van der Waals surface area contributed by atoms with Crippen LogP contribution < -0.4 is 11.1 Å². The number of nitrogen functional groups attached to an aromatic ring is 1. The van der Waals surface area contributed by atoms with Gasteiger partial charge in [-0.15, -0.1) is 0 Å². The van der Waals surface area contributed by atoms with E-state index in [0.29, 0.717) is 23.7 Å². The van der Waals surface area contributed by atoms with E-state index < -0.39 is 30.0 Å². The zero-order chi connectivity index (χ0) is 23.6. The Morgan fingerprint density at radius 1 is 1.48 bits per heavy atom. The molecule has 0 amide bonds. The summed E-state index contributed by atoms with van der Waals surface area (Å²) in [5, 5.41) is 38.0. The standard InChI is InChI=1S/C21H28N6O6/c1-12(20(30)32-7-13-3-2-4-13)25-11-31-9-21(8-22)18(29)16(28)17(33-21)14-5-6-15-19(23)24-10-26-27(14)15/h5-6,10,12-13,16-18,25,28-29H,2-4,7,9,11H2,1H3,(H2,23,24,26)/t12-,16-,17-,18-,21+/m0/s1. The molecule has 1 aliphatic carbocycles. The van der Waals surface area contributed by atoms with E-state index in [0.717, 1.165) is 12.8 Å². The van der Waals surface area contributed by atoms with E-state index in [4.69, 9.17) is 19.9 Å². The van der Waals surface area contributed by atoms with Crippen molar-refractivity contribution in [3.8, 4) is 6.07 Å². The molecule has 2 fully saturated rings. The fraction of sp³-hybridized carbons (Fsp3) is 0.619. The van der Waals surface area contributed by atoms with Crippen molar-refractivity contribution in [2.24, 2.45) is 5.92 Å². The van der Waals surface area contributed by atoms with Crippen molar-refractivity contribution in [1.29, 1.82) is 5.26 Å². The SMILES string of the molecule is C[C@H](NCOC[C@@]1(C#N)O[C@@H](c2ccc3c(N)ncnn23)[C@H](O)[C@@H]1O)C(=O)OCC1CCC1. The van der Waals surface area contributed by atoms with E-state index in [2.05, 4.69) is 15.4 Å². The minimum Gasteiger partial charge on any atom is -0.464 e. The van der Waals surface area contributed by atoms with Crippen LogP contribution in [0.4, 0.5) is 5.82 Å². The van der Waals surface area contributed by atoms with Gasteiger partial charge in [0.15, 0.2) is 5.82 Å². The van der Waals surface area contributed by atoms with Crippen molar-refractivity contribution >= 4 is 17.3 Å². The Morgan fingerprint density at radius 3 is 2.97 bits per heavy atom. The number of nitriles is 1. The predicted molar refractivity (Wildman–Crippen MR) is 113 cm³/mol. The molecule has 2 aliphatic rings. The molecule has 0 spiro atoms.